The standard InChI is InChI=1S/C30H36F3N5O3S/c1-18(2)20-8-13-37(14-9-20)42(40,41)22-6-7-24(19(3)15-22)35-28-34-17-21-16-23(30(31,32)33)27(39)38(26(21)36-28)25-5-4-10-29(25)11-12-29/h6-7,15-18,20,25H,4-5,8-14H2,1-3H3,(H,34,35,36). The van der Waals surface area contributed by atoms with Crippen molar-refractivity contribution >= 4 is 32.7 Å². The normalized spacial score (nSPS) is 21.5. The first-order valence-electron chi connectivity index (χ1n) is 14.7. The number of aromatic nitrogens is 3. The van der Waals surface area contributed by atoms with Crippen molar-refractivity contribution in [2.24, 2.45) is 17.3 Å². The molecule has 0 amide bonds. The fourth-order valence-corrected chi connectivity index (χ4v) is 8.48. The van der Waals surface area contributed by atoms with Gasteiger partial charge >= 0.3 is 6.18 Å². The average molecular weight is 604 g/mol. The first-order chi connectivity index (χ1) is 19.8. The summed E-state index contributed by atoms with van der Waals surface area (Å²) in [7, 11) is -3.65. The molecule has 2 aliphatic carbocycles. The van der Waals surface area contributed by atoms with E-state index in [-0.39, 0.29) is 33.3 Å². The summed E-state index contributed by atoms with van der Waals surface area (Å²) in [4.78, 5) is 22.3. The molecule has 3 aromatic rings. The van der Waals surface area contributed by atoms with Crippen LogP contribution >= 0.6 is 0 Å². The predicted octanol–water partition coefficient (Wildman–Crippen LogP) is 6.42. The van der Waals surface area contributed by atoms with Crippen molar-refractivity contribution < 1.29 is 21.6 Å². The molecule has 3 fully saturated rings. The molecule has 3 heterocycles. The number of nitrogens with one attached hydrogen (secondary N) is 1. The van der Waals surface area contributed by atoms with E-state index in [9.17, 15) is 26.4 Å². The molecule has 2 saturated carbocycles. The minimum Gasteiger partial charge on any atom is -0.324 e. The SMILES string of the molecule is Cc1cc(S(=O)(=O)N2CCC(C(C)C)CC2)ccc1Nc1ncc2cc(C(F)(F)F)c(=O)n(C3CCCC34CC4)c2n1. The third kappa shape index (κ3) is 5.10. The molecule has 3 aliphatic rings. The molecule has 12 heteroatoms. The van der Waals surface area contributed by atoms with Gasteiger partial charge in [0.2, 0.25) is 16.0 Å². The molecule has 42 heavy (non-hydrogen) atoms. The van der Waals surface area contributed by atoms with Crippen LogP contribution in [0.5, 0.6) is 0 Å². The highest BCUT2D eigenvalue weighted by Crippen LogP contribution is 2.63. The Labute approximate surface area is 243 Å². The highest BCUT2D eigenvalue weighted by Gasteiger charge is 2.54. The Kier molecular flexibility index (Phi) is 7.15. The zero-order chi connectivity index (χ0) is 30.0. The van der Waals surface area contributed by atoms with Gasteiger partial charge in [0.1, 0.15) is 11.2 Å². The van der Waals surface area contributed by atoms with E-state index in [0.29, 0.717) is 42.6 Å². The second kappa shape index (κ2) is 10.3. The van der Waals surface area contributed by atoms with Crippen LogP contribution in [0.2, 0.25) is 0 Å². The van der Waals surface area contributed by atoms with Crippen LogP contribution in [0.3, 0.4) is 0 Å². The maximum Gasteiger partial charge on any atom is 0.421 e. The van der Waals surface area contributed by atoms with Crippen molar-refractivity contribution in [3.05, 3.63) is 51.9 Å². The number of piperidine rings is 1. The van der Waals surface area contributed by atoms with E-state index in [1.54, 1.807) is 29.4 Å². The van der Waals surface area contributed by atoms with Crippen molar-refractivity contribution in [2.45, 2.75) is 82.8 Å². The van der Waals surface area contributed by atoms with Crippen LogP contribution in [0.15, 0.2) is 40.2 Å². The second-order valence-electron chi connectivity index (χ2n) is 12.6. The first kappa shape index (κ1) is 29.1. The Morgan fingerprint density at radius 3 is 2.40 bits per heavy atom. The van der Waals surface area contributed by atoms with E-state index < -0.39 is 27.3 Å². The van der Waals surface area contributed by atoms with Gasteiger partial charge in [0, 0.05) is 36.4 Å². The molecule has 226 valence electrons. The number of hydrogen-bond donors (Lipinski definition) is 1. The Hall–Kier alpha value is -2.99. The summed E-state index contributed by atoms with van der Waals surface area (Å²) in [6, 6.07) is 5.29. The van der Waals surface area contributed by atoms with Gasteiger partial charge in [-0.2, -0.15) is 22.5 Å². The molecule has 0 bridgehead atoms. The molecule has 1 N–H and O–H groups in total. The number of pyridine rings is 1. The average Bonchev–Trinajstić information content (AvgIpc) is 3.61. The minimum absolute atomic E-state index is 0.118. The summed E-state index contributed by atoms with van der Waals surface area (Å²) in [5.41, 5.74) is -1.03. The molecule has 1 saturated heterocycles. The fourth-order valence-electron chi connectivity index (χ4n) is 6.93. The van der Waals surface area contributed by atoms with E-state index in [4.69, 9.17) is 0 Å². The van der Waals surface area contributed by atoms with Crippen molar-refractivity contribution in [1.82, 2.24) is 18.8 Å². The summed E-state index contributed by atoms with van der Waals surface area (Å²) >= 11 is 0. The number of fused-ring (bicyclic) bond motifs is 1. The molecule has 1 unspecified atom stereocenters. The third-order valence-electron chi connectivity index (χ3n) is 9.67. The number of aryl methyl sites for hydroxylation is 1. The van der Waals surface area contributed by atoms with Crippen LogP contribution in [0, 0.1) is 24.2 Å². The van der Waals surface area contributed by atoms with Crippen molar-refractivity contribution in [2.75, 3.05) is 18.4 Å². The van der Waals surface area contributed by atoms with Crippen LogP contribution in [0.1, 0.15) is 76.0 Å². The number of sulfonamides is 1. The number of anilines is 2. The van der Waals surface area contributed by atoms with Gasteiger partial charge < -0.3 is 5.32 Å². The number of hydrogen-bond acceptors (Lipinski definition) is 6. The van der Waals surface area contributed by atoms with Gasteiger partial charge in [-0.05, 0) is 92.5 Å². The molecule has 2 aromatic heterocycles. The molecular weight excluding hydrogens is 567 g/mol. The Morgan fingerprint density at radius 2 is 1.79 bits per heavy atom. The summed E-state index contributed by atoms with van der Waals surface area (Å²) in [5, 5.41) is 3.24. The Balaban J connectivity index is 1.31. The third-order valence-corrected chi connectivity index (χ3v) is 11.6. The van der Waals surface area contributed by atoms with Crippen LogP contribution in [0.4, 0.5) is 24.8 Å². The van der Waals surface area contributed by atoms with E-state index in [1.807, 2.05) is 0 Å². The lowest BCUT2D eigenvalue weighted by Crippen LogP contribution is -2.39. The lowest BCUT2D eigenvalue weighted by Gasteiger charge is -2.33. The van der Waals surface area contributed by atoms with Crippen molar-refractivity contribution in [1.29, 1.82) is 0 Å². The van der Waals surface area contributed by atoms with Crippen LogP contribution < -0.4 is 10.9 Å². The van der Waals surface area contributed by atoms with Gasteiger partial charge in [0.05, 0.1) is 4.90 Å². The number of rotatable bonds is 6. The Morgan fingerprint density at radius 1 is 1.07 bits per heavy atom. The highest BCUT2D eigenvalue weighted by atomic mass is 32.2. The smallest absolute Gasteiger partial charge is 0.324 e. The molecule has 6 rings (SSSR count). The summed E-state index contributed by atoms with van der Waals surface area (Å²) in [6.45, 7) is 7.10. The maximum absolute atomic E-state index is 13.8. The summed E-state index contributed by atoms with van der Waals surface area (Å²) in [5.74, 6) is 1.16. The van der Waals surface area contributed by atoms with E-state index in [1.165, 1.54) is 10.8 Å². The molecular formula is C30H36F3N5O3S. The van der Waals surface area contributed by atoms with E-state index >= 15 is 0 Å². The van der Waals surface area contributed by atoms with E-state index in [0.717, 1.165) is 44.6 Å². The van der Waals surface area contributed by atoms with Crippen molar-refractivity contribution in [3.8, 4) is 0 Å². The Bertz CT molecular complexity index is 1690. The van der Waals surface area contributed by atoms with Gasteiger partial charge in [-0.1, -0.05) is 20.3 Å². The van der Waals surface area contributed by atoms with Gasteiger partial charge in [0.25, 0.3) is 5.56 Å². The predicted molar refractivity (Wildman–Crippen MR) is 154 cm³/mol. The van der Waals surface area contributed by atoms with Gasteiger partial charge in [-0.15, -0.1) is 0 Å². The topological polar surface area (TPSA) is 97.2 Å². The lowest BCUT2D eigenvalue weighted by atomic mass is 9.87. The van der Waals surface area contributed by atoms with E-state index in [2.05, 4.69) is 29.1 Å². The largest absolute Gasteiger partial charge is 0.421 e. The van der Waals surface area contributed by atoms with Gasteiger partial charge in [-0.3, -0.25) is 9.36 Å². The van der Waals surface area contributed by atoms with Crippen LogP contribution in [0.25, 0.3) is 11.0 Å². The maximum atomic E-state index is 13.8. The number of alkyl halides is 3. The molecule has 0 radical (unpaired) electrons. The molecule has 1 atom stereocenters. The monoisotopic (exact) mass is 603 g/mol. The van der Waals surface area contributed by atoms with Gasteiger partial charge in [-0.25, -0.2) is 13.4 Å². The molecule has 1 aliphatic heterocycles. The number of benzene rings is 1. The lowest BCUT2D eigenvalue weighted by molar-refractivity contribution is -0.138. The number of nitrogens with zero attached hydrogens (tertiary/aromatic N) is 4. The van der Waals surface area contributed by atoms with Crippen molar-refractivity contribution in [3.63, 3.8) is 0 Å². The quantitative estimate of drug-likeness (QED) is 0.349. The zero-order valence-corrected chi connectivity index (χ0v) is 24.9. The number of halogens is 3. The van der Waals surface area contributed by atoms with Crippen LogP contribution in [-0.2, 0) is 16.2 Å². The van der Waals surface area contributed by atoms with Crippen LogP contribution in [-0.4, -0.2) is 40.3 Å². The van der Waals surface area contributed by atoms with Gasteiger partial charge in [0.15, 0.2) is 0 Å². The molecule has 1 spiro atoms. The fraction of sp³-hybridized carbons (Fsp3) is 0.567. The summed E-state index contributed by atoms with van der Waals surface area (Å²) < 4.78 is 71.0. The first-order valence-corrected chi connectivity index (χ1v) is 16.1. The summed E-state index contributed by atoms with van der Waals surface area (Å²) in [6.07, 6.45) is 2.36. The highest BCUT2D eigenvalue weighted by molar-refractivity contribution is 7.89. The minimum atomic E-state index is -4.79. The second-order valence-corrected chi connectivity index (χ2v) is 14.5. The zero-order valence-electron chi connectivity index (χ0n) is 24.0. The molecule has 1 aromatic carbocycles. The molecule has 8 nitrogen and oxygen atoms in total.